The number of hydrogen-bond acceptors (Lipinski definition) is 3. The molecule has 4 heteroatoms. The van der Waals surface area contributed by atoms with Gasteiger partial charge in [-0.05, 0) is 24.1 Å². The fraction of sp³-hybridized carbons (Fsp3) is 0.500. The van der Waals surface area contributed by atoms with Crippen molar-refractivity contribution in [1.29, 1.82) is 0 Å². The summed E-state index contributed by atoms with van der Waals surface area (Å²) in [5.74, 6) is 0.230. The van der Waals surface area contributed by atoms with Crippen molar-refractivity contribution in [1.82, 2.24) is 0 Å². The van der Waals surface area contributed by atoms with E-state index >= 15 is 0 Å². The Morgan fingerprint density at radius 3 is 2.61 bits per heavy atom. The van der Waals surface area contributed by atoms with Gasteiger partial charge in [0.1, 0.15) is 0 Å². The number of halogens is 1. The van der Waals surface area contributed by atoms with Gasteiger partial charge in [0.05, 0.1) is 17.7 Å². The number of nitrogens with one attached hydrogen (secondary N) is 1. The first-order valence-corrected chi connectivity index (χ1v) is 6.61. The first-order chi connectivity index (χ1) is 8.62. The number of benzene rings is 1. The highest BCUT2D eigenvalue weighted by atomic mass is 35.5. The summed E-state index contributed by atoms with van der Waals surface area (Å²) in [7, 11) is 1.35. The van der Waals surface area contributed by atoms with E-state index in [1.165, 1.54) is 7.11 Å². The van der Waals surface area contributed by atoms with E-state index in [9.17, 15) is 4.79 Å². The fourth-order valence-corrected chi connectivity index (χ4v) is 1.94. The van der Waals surface area contributed by atoms with E-state index in [-0.39, 0.29) is 0 Å². The average molecular weight is 270 g/mol. The number of methoxy groups -OCH3 is 1. The normalized spacial score (nSPS) is 10.5. The van der Waals surface area contributed by atoms with Crippen molar-refractivity contribution in [3.05, 3.63) is 28.8 Å². The maximum atomic E-state index is 11.5. The molecule has 0 aliphatic heterocycles. The maximum absolute atomic E-state index is 11.5. The van der Waals surface area contributed by atoms with Gasteiger partial charge in [-0.15, -0.1) is 0 Å². The summed E-state index contributed by atoms with van der Waals surface area (Å²) in [4.78, 5) is 11.5. The lowest BCUT2D eigenvalue weighted by Gasteiger charge is -2.15. The largest absolute Gasteiger partial charge is 0.465 e. The number of carbonyl (C=O) groups is 1. The Hall–Kier alpha value is -1.22. The van der Waals surface area contributed by atoms with E-state index in [4.69, 9.17) is 11.6 Å². The molecule has 0 saturated heterocycles. The molecule has 1 rings (SSSR count). The highest BCUT2D eigenvalue weighted by Gasteiger charge is 2.11. The molecule has 1 aromatic rings. The number of rotatable bonds is 6. The van der Waals surface area contributed by atoms with E-state index in [1.54, 1.807) is 12.1 Å². The minimum Gasteiger partial charge on any atom is -0.465 e. The van der Waals surface area contributed by atoms with E-state index in [0.29, 0.717) is 16.5 Å². The van der Waals surface area contributed by atoms with Crippen LogP contribution in [0.25, 0.3) is 0 Å². The zero-order chi connectivity index (χ0) is 13.5. The first-order valence-electron chi connectivity index (χ1n) is 6.24. The van der Waals surface area contributed by atoms with Gasteiger partial charge in [-0.3, -0.25) is 0 Å². The number of ether oxygens (including phenoxy) is 1. The first kappa shape index (κ1) is 14.8. The van der Waals surface area contributed by atoms with Gasteiger partial charge in [0.2, 0.25) is 0 Å². The molecule has 0 amide bonds. The lowest BCUT2D eigenvalue weighted by molar-refractivity contribution is 0.0601. The lowest BCUT2D eigenvalue weighted by atomic mass is 10.0. The van der Waals surface area contributed by atoms with E-state index in [2.05, 4.69) is 23.9 Å². The second kappa shape index (κ2) is 7.27. The number of esters is 1. The van der Waals surface area contributed by atoms with Crippen molar-refractivity contribution < 1.29 is 9.53 Å². The average Bonchev–Trinajstić information content (AvgIpc) is 2.40. The Bertz CT molecular complexity index is 403. The van der Waals surface area contributed by atoms with E-state index < -0.39 is 5.97 Å². The second-order valence-electron chi connectivity index (χ2n) is 4.25. The highest BCUT2D eigenvalue weighted by Crippen LogP contribution is 2.22. The molecule has 0 saturated carbocycles. The van der Waals surface area contributed by atoms with Gasteiger partial charge in [0, 0.05) is 12.2 Å². The molecule has 0 bridgehead atoms. The number of carbonyl (C=O) groups excluding carboxylic acids is 1. The lowest BCUT2D eigenvalue weighted by Crippen LogP contribution is -2.13. The van der Waals surface area contributed by atoms with Crippen LogP contribution >= 0.6 is 11.6 Å². The van der Waals surface area contributed by atoms with Gasteiger partial charge >= 0.3 is 5.97 Å². The van der Waals surface area contributed by atoms with Crippen LogP contribution in [-0.4, -0.2) is 19.6 Å². The van der Waals surface area contributed by atoms with Gasteiger partial charge in [0.15, 0.2) is 0 Å². The van der Waals surface area contributed by atoms with Gasteiger partial charge in [-0.25, -0.2) is 4.79 Å². The van der Waals surface area contributed by atoms with Crippen molar-refractivity contribution in [2.45, 2.75) is 26.7 Å². The molecule has 0 unspecified atom stereocenters. The molecule has 0 atom stereocenters. The molecule has 1 N–H and O–H groups in total. The second-order valence-corrected chi connectivity index (χ2v) is 4.66. The van der Waals surface area contributed by atoms with Crippen molar-refractivity contribution in [3.63, 3.8) is 0 Å². The Kier molecular flexibility index (Phi) is 5.99. The van der Waals surface area contributed by atoms with Crippen molar-refractivity contribution in [3.8, 4) is 0 Å². The summed E-state index contributed by atoms with van der Waals surface area (Å²) in [5.41, 5.74) is 1.29. The van der Waals surface area contributed by atoms with Crippen molar-refractivity contribution in [2.24, 2.45) is 5.92 Å². The third-order valence-electron chi connectivity index (χ3n) is 3.12. The smallest absolute Gasteiger partial charge is 0.339 e. The van der Waals surface area contributed by atoms with Crippen LogP contribution in [0.5, 0.6) is 0 Å². The molecule has 0 aliphatic carbocycles. The zero-order valence-electron chi connectivity index (χ0n) is 11.1. The molecule has 0 aliphatic rings. The van der Waals surface area contributed by atoms with Crippen LogP contribution in [0.2, 0.25) is 5.02 Å². The van der Waals surface area contributed by atoms with Crippen LogP contribution in [0.15, 0.2) is 18.2 Å². The van der Waals surface area contributed by atoms with Crippen LogP contribution < -0.4 is 5.32 Å². The molecule has 1 aromatic carbocycles. The molecule has 100 valence electrons. The molecule has 0 spiro atoms. The Labute approximate surface area is 113 Å². The minimum absolute atomic E-state index is 0.397. The molecular formula is C14H20ClNO2. The molecule has 3 nitrogen and oxygen atoms in total. The summed E-state index contributed by atoms with van der Waals surface area (Å²) >= 11 is 5.96. The minimum atomic E-state index is -0.411. The van der Waals surface area contributed by atoms with Crippen LogP contribution in [-0.2, 0) is 4.74 Å². The number of anilines is 1. The van der Waals surface area contributed by atoms with Gasteiger partial charge in [-0.2, -0.15) is 0 Å². The molecule has 0 heterocycles. The van der Waals surface area contributed by atoms with E-state index in [0.717, 1.165) is 25.1 Å². The summed E-state index contributed by atoms with van der Waals surface area (Å²) in [6.45, 7) is 5.25. The molecular weight excluding hydrogens is 250 g/mol. The molecule has 0 radical (unpaired) electrons. The summed E-state index contributed by atoms with van der Waals surface area (Å²) in [5, 5.41) is 3.74. The zero-order valence-corrected chi connectivity index (χ0v) is 11.9. The van der Waals surface area contributed by atoms with Crippen molar-refractivity contribution in [2.75, 3.05) is 19.0 Å². The summed E-state index contributed by atoms with van der Waals surface area (Å²) in [6, 6.07) is 5.32. The van der Waals surface area contributed by atoms with Crippen LogP contribution in [0, 0.1) is 5.92 Å². The Balaban J connectivity index is 2.76. The van der Waals surface area contributed by atoms with Crippen LogP contribution in [0.3, 0.4) is 0 Å². The van der Waals surface area contributed by atoms with Crippen LogP contribution in [0.4, 0.5) is 5.69 Å². The van der Waals surface area contributed by atoms with Gasteiger partial charge in [0.25, 0.3) is 0 Å². The molecule has 0 aromatic heterocycles. The number of hydrogen-bond donors (Lipinski definition) is 1. The molecule has 0 fully saturated rings. The predicted octanol–water partition coefficient (Wildman–Crippen LogP) is 3.97. The Morgan fingerprint density at radius 1 is 1.39 bits per heavy atom. The highest BCUT2D eigenvalue weighted by molar-refractivity contribution is 6.33. The molecule has 18 heavy (non-hydrogen) atoms. The van der Waals surface area contributed by atoms with Crippen LogP contribution in [0.1, 0.15) is 37.0 Å². The standard InChI is InChI=1S/C14H20ClNO2/c1-4-10(5-2)9-16-11-6-7-13(15)12(8-11)14(17)18-3/h6-8,10,16H,4-5,9H2,1-3H3. The predicted molar refractivity (Wildman–Crippen MR) is 75.4 cm³/mol. The fourth-order valence-electron chi connectivity index (χ4n) is 1.74. The monoisotopic (exact) mass is 269 g/mol. The maximum Gasteiger partial charge on any atom is 0.339 e. The topological polar surface area (TPSA) is 38.3 Å². The van der Waals surface area contributed by atoms with Crippen molar-refractivity contribution >= 4 is 23.3 Å². The summed E-state index contributed by atoms with van der Waals surface area (Å²) in [6.07, 6.45) is 2.28. The van der Waals surface area contributed by atoms with Gasteiger partial charge in [-0.1, -0.05) is 38.3 Å². The summed E-state index contributed by atoms with van der Waals surface area (Å²) < 4.78 is 4.69. The van der Waals surface area contributed by atoms with E-state index in [1.807, 2.05) is 6.07 Å². The third kappa shape index (κ3) is 3.91. The van der Waals surface area contributed by atoms with Gasteiger partial charge < -0.3 is 10.1 Å². The Morgan fingerprint density at radius 2 is 2.06 bits per heavy atom. The third-order valence-corrected chi connectivity index (χ3v) is 3.45. The SMILES string of the molecule is CCC(CC)CNc1ccc(Cl)c(C(=O)OC)c1. The quantitative estimate of drug-likeness (QED) is 0.794.